The van der Waals surface area contributed by atoms with Crippen LogP contribution in [0.5, 0.6) is 17.2 Å². The smallest absolute Gasteiger partial charge is 0.255 e. The van der Waals surface area contributed by atoms with Crippen LogP contribution in [0.4, 0.5) is 17.6 Å². The first-order valence-corrected chi connectivity index (χ1v) is 5.63. The molecule has 0 aliphatic carbocycles. The number of ether oxygens (including phenoxy) is 2. The number of hydrogen-bond donors (Lipinski definition) is 1. The molecule has 1 aromatic carbocycles. The molecule has 112 valence electrons. The van der Waals surface area contributed by atoms with E-state index in [1.165, 1.54) is 25.3 Å². The molecule has 2 aromatic rings. The molecule has 0 bridgehead atoms. The molecule has 0 unspecified atom stereocenters. The minimum Gasteiger partial charge on any atom is -0.493 e. The zero-order chi connectivity index (χ0) is 15.6. The third-order valence-corrected chi connectivity index (χ3v) is 2.58. The maximum Gasteiger partial charge on any atom is 0.255 e. The molecule has 0 aliphatic heterocycles. The summed E-state index contributed by atoms with van der Waals surface area (Å²) in [5.74, 6) is -8.60. The van der Waals surface area contributed by atoms with Gasteiger partial charge in [0.25, 0.3) is 11.9 Å². The Kier molecular flexibility index (Phi) is 4.27. The third kappa shape index (κ3) is 2.89. The molecule has 0 saturated carbocycles. The Morgan fingerprint density at radius 1 is 1.05 bits per heavy atom. The summed E-state index contributed by atoms with van der Waals surface area (Å²) in [5, 5.41) is 8.98. The minimum atomic E-state index is -1.82. The Hall–Kier alpha value is -2.35. The van der Waals surface area contributed by atoms with Gasteiger partial charge in [-0.3, -0.25) is 0 Å². The fourth-order valence-corrected chi connectivity index (χ4v) is 1.56. The van der Waals surface area contributed by atoms with Gasteiger partial charge in [0.1, 0.15) is 0 Å². The van der Waals surface area contributed by atoms with Crippen LogP contribution < -0.4 is 9.47 Å². The summed E-state index contributed by atoms with van der Waals surface area (Å²) in [4.78, 5) is 2.42. The first-order valence-electron chi connectivity index (χ1n) is 5.63. The summed E-state index contributed by atoms with van der Waals surface area (Å²) in [7, 11) is 1.25. The molecule has 0 amide bonds. The van der Waals surface area contributed by atoms with E-state index in [9.17, 15) is 17.6 Å². The second-order valence-electron chi connectivity index (χ2n) is 3.90. The predicted molar refractivity (Wildman–Crippen MR) is 63.1 cm³/mol. The average molecular weight is 303 g/mol. The molecule has 0 fully saturated rings. The van der Waals surface area contributed by atoms with Gasteiger partial charge in [0.2, 0.25) is 17.4 Å². The van der Waals surface area contributed by atoms with Gasteiger partial charge >= 0.3 is 0 Å². The van der Waals surface area contributed by atoms with E-state index < -0.39 is 29.3 Å². The topological polar surface area (TPSA) is 51.6 Å². The van der Waals surface area contributed by atoms with Crippen molar-refractivity contribution >= 4 is 0 Å². The van der Waals surface area contributed by atoms with Crippen molar-refractivity contribution in [2.75, 3.05) is 7.11 Å². The molecule has 1 heterocycles. The highest BCUT2D eigenvalue weighted by Gasteiger charge is 2.23. The van der Waals surface area contributed by atoms with Crippen LogP contribution in [0.2, 0.25) is 0 Å². The summed E-state index contributed by atoms with van der Waals surface area (Å²) in [6.07, 6.45) is 0. The molecule has 1 N–H and O–H groups in total. The summed E-state index contributed by atoms with van der Waals surface area (Å²) >= 11 is 0. The van der Waals surface area contributed by atoms with Crippen LogP contribution >= 0.6 is 0 Å². The van der Waals surface area contributed by atoms with Crippen molar-refractivity contribution < 1.29 is 32.1 Å². The second kappa shape index (κ2) is 5.96. The third-order valence-electron chi connectivity index (χ3n) is 2.58. The highest BCUT2D eigenvalue weighted by atomic mass is 19.2. The zero-order valence-corrected chi connectivity index (χ0v) is 10.7. The Labute approximate surface area is 116 Å². The maximum absolute atomic E-state index is 13.5. The predicted octanol–water partition coefficient (Wildman–Crippen LogP) is 2.93. The number of halogens is 4. The molecule has 0 atom stereocenters. The molecule has 0 radical (unpaired) electrons. The van der Waals surface area contributed by atoms with Gasteiger partial charge in [-0.05, 0) is 17.7 Å². The summed E-state index contributed by atoms with van der Waals surface area (Å²) < 4.78 is 62.7. The summed E-state index contributed by atoms with van der Waals surface area (Å²) in [5.41, 5.74) is 0.451. The maximum atomic E-state index is 13.5. The lowest BCUT2D eigenvalue weighted by molar-refractivity contribution is 0.280. The minimum absolute atomic E-state index is 0.0259. The van der Waals surface area contributed by atoms with Crippen molar-refractivity contribution in [2.45, 2.75) is 6.61 Å². The fourth-order valence-electron chi connectivity index (χ4n) is 1.56. The van der Waals surface area contributed by atoms with Gasteiger partial charge in [-0.25, -0.2) is 0 Å². The molecule has 0 saturated heterocycles. The van der Waals surface area contributed by atoms with E-state index in [0.29, 0.717) is 5.56 Å². The monoisotopic (exact) mass is 303 g/mol. The van der Waals surface area contributed by atoms with Gasteiger partial charge in [-0.15, -0.1) is 0 Å². The van der Waals surface area contributed by atoms with Crippen molar-refractivity contribution in [1.82, 2.24) is 4.98 Å². The van der Waals surface area contributed by atoms with Gasteiger partial charge in [0.15, 0.2) is 11.5 Å². The number of aliphatic hydroxyl groups excluding tert-OH is 1. The molecule has 4 nitrogen and oxygen atoms in total. The molecule has 1 aromatic heterocycles. The number of rotatable bonds is 4. The molecule has 8 heteroatoms. The first kappa shape index (κ1) is 15.0. The van der Waals surface area contributed by atoms with Crippen molar-refractivity contribution in [3.05, 3.63) is 47.3 Å². The van der Waals surface area contributed by atoms with Crippen LogP contribution in [0.1, 0.15) is 5.56 Å². The number of pyridine rings is 1. The number of aromatic nitrogens is 1. The van der Waals surface area contributed by atoms with Crippen LogP contribution in [-0.4, -0.2) is 17.2 Å². The Balaban J connectivity index is 2.48. The van der Waals surface area contributed by atoms with E-state index in [4.69, 9.17) is 14.6 Å². The van der Waals surface area contributed by atoms with Crippen molar-refractivity contribution in [2.24, 2.45) is 0 Å². The van der Waals surface area contributed by atoms with E-state index in [2.05, 4.69) is 4.98 Å². The Morgan fingerprint density at radius 2 is 1.67 bits per heavy atom. The molecular formula is C13H9F4NO3. The zero-order valence-electron chi connectivity index (χ0n) is 10.7. The lowest BCUT2D eigenvalue weighted by Gasteiger charge is -2.12. The SMILES string of the molecule is COc1cc(CO)ccc1Oc1c(F)c(F)nc(F)c1F. The van der Waals surface area contributed by atoms with Gasteiger partial charge < -0.3 is 14.6 Å². The van der Waals surface area contributed by atoms with Crippen molar-refractivity contribution in [1.29, 1.82) is 0 Å². The normalized spacial score (nSPS) is 10.6. The molecular weight excluding hydrogens is 294 g/mol. The quantitative estimate of drug-likeness (QED) is 0.697. The van der Waals surface area contributed by atoms with Gasteiger partial charge in [0, 0.05) is 0 Å². The van der Waals surface area contributed by atoms with E-state index in [-0.39, 0.29) is 18.1 Å². The molecule has 2 rings (SSSR count). The Morgan fingerprint density at radius 3 is 2.19 bits per heavy atom. The molecule has 21 heavy (non-hydrogen) atoms. The summed E-state index contributed by atoms with van der Waals surface area (Å²) in [6.45, 7) is -0.294. The van der Waals surface area contributed by atoms with Crippen molar-refractivity contribution in [3.63, 3.8) is 0 Å². The second-order valence-corrected chi connectivity index (χ2v) is 3.90. The van der Waals surface area contributed by atoms with E-state index in [0.717, 1.165) is 0 Å². The number of hydrogen-bond acceptors (Lipinski definition) is 4. The standard InChI is InChI=1S/C13H9F4NO3/c1-20-8-4-6(5-19)2-3-7(8)21-11-9(14)12(16)18-13(17)10(11)15/h2-4,19H,5H2,1H3. The number of nitrogens with zero attached hydrogens (tertiary/aromatic N) is 1. The van der Waals surface area contributed by atoms with Crippen LogP contribution in [0.15, 0.2) is 18.2 Å². The van der Waals surface area contributed by atoms with E-state index in [1.807, 2.05) is 0 Å². The number of aliphatic hydroxyl groups is 1. The van der Waals surface area contributed by atoms with Crippen LogP contribution in [-0.2, 0) is 6.61 Å². The van der Waals surface area contributed by atoms with Crippen LogP contribution in [0.25, 0.3) is 0 Å². The highest BCUT2D eigenvalue weighted by molar-refractivity contribution is 5.45. The highest BCUT2D eigenvalue weighted by Crippen LogP contribution is 2.35. The van der Waals surface area contributed by atoms with Gasteiger partial charge in [-0.1, -0.05) is 6.07 Å². The number of methoxy groups -OCH3 is 1. The van der Waals surface area contributed by atoms with Gasteiger partial charge in [0.05, 0.1) is 13.7 Å². The fraction of sp³-hybridized carbons (Fsp3) is 0.154. The average Bonchev–Trinajstić information content (AvgIpc) is 2.49. The van der Waals surface area contributed by atoms with Gasteiger partial charge in [-0.2, -0.15) is 22.5 Å². The van der Waals surface area contributed by atoms with E-state index in [1.54, 1.807) is 0 Å². The molecule has 0 aliphatic rings. The van der Waals surface area contributed by atoms with Crippen LogP contribution in [0.3, 0.4) is 0 Å². The molecule has 0 spiro atoms. The summed E-state index contributed by atoms with van der Waals surface area (Å²) in [6, 6.07) is 3.97. The lowest BCUT2D eigenvalue weighted by Crippen LogP contribution is -2.04. The number of benzene rings is 1. The van der Waals surface area contributed by atoms with Crippen molar-refractivity contribution in [3.8, 4) is 17.2 Å². The largest absolute Gasteiger partial charge is 0.493 e. The Bertz CT molecular complexity index is 653. The van der Waals surface area contributed by atoms with E-state index >= 15 is 0 Å². The lowest BCUT2D eigenvalue weighted by atomic mass is 10.2. The van der Waals surface area contributed by atoms with Crippen LogP contribution in [0, 0.1) is 23.5 Å². The first-order chi connectivity index (χ1) is 9.97.